The van der Waals surface area contributed by atoms with Gasteiger partial charge in [-0.05, 0) is 35.4 Å². The first-order valence-electron chi connectivity index (χ1n) is 9.69. The van der Waals surface area contributed by atoms with E-state index in [1.54, 1.807) is 35.4 Å². The van der Waals surface area contributed by atoms with Gasteiger partial charge in [-0.15, -0.1) is 4.40 Å². The van der Waals surface area contributed by atoms with Crippen LogP contribution in [0.15, 0.2) is 99.3 Å². The van der Waals surface area contributed by atoms with E-state index in [1.165, 1.54) is 18.5 Å². The van der Waals surface area contributed by atoms with Crippen LogP contribution in [-0.2, 0) is 10.0 Å². The zero-order valence-corrected chi connectivity index (χ0v) is 18.4. The number of halogens is 1. The minimum Gasteiger partial charge on any atom is -0.261 e. The fraction of sp³-hybridized carbons (Fsp3) is 0.130. The third-order valence-corrected chi connectivity index (χ3v) is 6.49. The molecule has 0 saturated heterocycles. The van der Waals surface area contributed by atoms with Gasteiger partial charge in [0.1, 0.15) is 6.34 Å². The molecule has 3 aromatic rings. The fourth-order valence-electron chi connectivity index (χ4n) is 3.36. The molecule has 31 heavy (non-hydrogen) atoms. The molecule has 0 amide bonds. The smallest absolute Gasteiger partial charge is 0.261 e. The monoisotopic (exact) mass is 452 g/mol. The highest BCUT2D eigenvalue weighted by Crippen LogP contribution is 2.29. The molecule has 1 aliphatic rings. The van der Waals surface area contributed by atoms with Gasteiger partial charge in [0.05, 0.1) is 23.1 Å². The third-order valence-electron chi connectivity index (χ3n) is 5.00. The number of sulfonamides is 1. The second-order valence-electron chi connectivity index (χ2n) is 7.09. The maximum absolute atomic E-state index is 12.5. The van der Waals surface area contributed by atoms with E-state index in [2.05, 4.69) is 16.5 Å². The predicted octanol–water partition coefficient (Wildman–Crippen LogP) is 4.41. The molecule has 1 aliphatic heterocycles. The molecule has 0 N–H and O–H groups in total. The number of hydrazine groups is 1. The van der Waals surface area contributed by atoms with Crippen molar-refractivity contribution in [2.75, 3.05) is 13.6 Å². The van der Waals surface area contributed by atoms with Crippen LogP contribution in [0.3, 0.4) is 0 Å². The Labute approximate surface area is 187 Å². The summed E-state index contributed by atoms with van der Waals surface area (Å²) < 4.78 is 28.8. The quantitative estimate of drug-likeness (QED) is 0.410. The molecule has 8 heteroatoms. The Morgan fingerprint density at radius 1 is 1.00 bits per heavy atom. The second-order valence-corrected chi connectivity index (χ2v) is 9.16. The maximum Gasteiger partial charge on any atom is 0.283 e. The van der Waals surface area contributed by atoms with E-state index in [1.807, 2.05) is 42.5 Å². The number of hydrazone groups is 1. The molecule has 6 nitrogen and oxygen atoms in total. The van der Waals surface area contributed by atoms with Crippen LogP contribution in [0.2, 0.25) is 5.02 Å². The molecule has 0 saturated carbocycles. The lowest BCUT2D eigenvalue weighted by molar-refractivity contribution is 0.0920. The van der Waals surface area contributed by atoms with Crippen molar-refractivity contribution in [3.8, 4) is 0 Å². The van der Waals surface area contributed by atoms with Crippen LogP contribution in [-0.4, -0.2) is 44.2 Å². The zero-order valence-electron chi connectivity index (χ0n) is 16.8. The van der Waals surface area contributed by atoms with Gasteiger partial charge in [-0.25, -0.2) is 5.12 Å². The molecule has 0 fully saturated rings. The van der Waals surface area contributed by atoms with Crippen LogP contribution < -0.4 is 0 Å². The van der Waals surface area contributed by atoms with E-state index in [-0.39, 0.29) is 10.8 Å². The highest BCUT2D eigenvalue weighted by molar-refractivity contribution is 7.90. The van der Waals surface area contributed by atoms with E-state index in [4.69, 9.17) is 16.7 Å². The van der Waals surface area contributed by atoms with Gasteiger partial charge in [-0.1, -0.05) is 72.3 Å². The minimum atomic E-state index is -3.78. The van der Waals surface area contributed by atoms with Crippen LogP contribution in [0.4, 0.5) is 0 Å². The first-order chi connectivity index (χ1) is 14.9. The van der Waals surface area contributed by atoms with Gasteiger partial charge in [-0.2, -0.15) is 13.5 Å². The first-order valence-corrected chi connectivity index (χ1v) is 11.5. The molecule has 0 radical (unpaired) electrons. The number of hydrogen-bond acceptors (Lipinski definition) is 4. The lowest BCUT2D eigenvalue weighted by atomic mass is 9.91. The molecule has 158 valence electrons. The molecule has 1 heterocycles. The van der Waals surface area contributed by atoms with Gasteiger partial charge < -0.3 is 0 Å². The Bertz CT molecular complexity index is 1200. The number of nitrogens with zero attached hydrogens (tertiary/aromatic N) is 4. The van der Waals surface area contributed by atoms with E-state index in [0.717, 1.165) is 16.8 Å². The lowest BCUT2D eigenvalue weighted by Crippen LogP contribution is -2.34. The Morgan fingerprint density at radius 2 is 1.61 bits per heavy atom. The Hall–Kier alpha value is -3.16. The lowest BCUT2D eigenvalue weighted by Gasteiger charge is -2.24. The average molecular weight is 453 g/mol. The standard InChI is InChI=1S/C23H21ClN4O2S/c1-27(17-25-31(29,30)21-10-6-3-7-11-21)28-16-22(18-8-4-2-5-9-18)23(26-28)19-12-14-20(24)15-13-19/h2-15,17,22H,16H2,1H3. The SMILES string of the molecule is CN(C=NS(=O)(=O)c1ccccc1)N1CC(c2ccccc2)C(c2ccc(Cl)cc2)=N1. The summed E-state index contributed by atoms with van der Waals surface area (Å²) in [4.78, 5) is 0.147. The summed E-state index contributed by atoms with van der Waals surface area (Å²) >= 11 is 6.05. The topological polar surface area (TPSA) is 65.3 Å². The molecule has 0 aliphatic carbocycles. The summed E-state index contributed by atoms with van der Waals surface area (Å²) in [6, 6.07) is 25.8. The third kappa shape index (κ3) is 4.78. The maximum atomic E-state index is 12.5. The van der Waals surface area contributed by atoms with Crippen LogP contribution in [0, 0.1) is 0 Å². The van der Waals surface area contributed by atoms with Gasteiger partial charge >= 0.3 is 0 Å². The summed E-state index contributed by atoms with van der Waals surface area (Å²) in [5.74, 6) is 0.0176. The van der Waals surface area contributed by atoms with Crippen LogP contribution in [0.1, 0.15) is 17.0 Å². The van der Waals surface area contributed by atoms with Crippen molar-refractivity contribution < 1.29 is 8.42 Å². The Kier molecular flexibility index (Phi) is 6.06. The summed E-state index contributed by atoms with van der Waals surface area (Å²) in [6.45, 7) is 0.551. The molecule has 3 aromatic carbocycles. The highest BCUT2D eigenvalue weighted by Gasteiger charge is 2.30. The highest BCUT2D eigenvalue weighted by atomic mass is 35.5. The molecular formula is C23H21ClN4O2S. The summed E-state index contributed by atoms with van der Waals surface area (Å²) in [5, 5.41) is 8.72. The number of hydrogen-bond donors (Lipinski definition) is 0. The van der Waals surface area contributed by atoms with Crippen molar-refractivity contribution in [2.24, 2.45) is 9.50 Å². The summed E-state index contributed by atoms with van der Waals surface area (Å²) in [6.07, 6.45) is 1.28. The van der Waals surface area contributed by atoms with Crippen molar-refractivity contribution in [3.63, 3.8) is 0 Å². The van der Waals surface area contributed by atoms with Gasteiger partial charge in [0.2, 0.25) is 0 Å². The molecule has 0 bridgehead atoms. The first kappa shape index (κ1) is 21.1. The largest absolute Gasteiger partial charge is 0.283 e. The van der Waals surface area contributed by atoms with Crippen molar-refractivity contribution in [1.82, 2.24) is 10.1 Å². The van der Waals surface area contributed by atoms with Crippen molar-refractivity contribution in [3.05, 3.63) is 101 Å². The molecule has 1 atom stereocenters. The Morgan fingerprint density at radius 3 is 2.26 bits per heavy atom. The van der Waals surface area contributed by atoms with Gasteiger partial charge in [0.25, 0.3) is 10.0 Å². The summed E-state index contributed by atoms with van der Waals surface area (Å²) in [5.41, 5.74) is 2.97. The number of rotatable bonds is 6. The van der Waals surface area contributed by atoms with Gasteiger partial charge in [-0.3, -0.25) is 5.01 Å². The average Bonchev–Trinajstić information content (AvgIpc) is 3.25. The molecule has 0 spiro atoms. The molecule has 1 unspecified atom stereocenters. The van der Waals surface area contributed by atoms with E-state index >= 15 is 0 Å². The summed E-state index contributed by atoms with van der Waals surface area (Å²) in [7, 11) is -2.06. The molecule has 4 rings (SSSR count). The molecular weight excluding hydrogens is 432 g/mol. The van der Waals surface area contributed by atoms with Crippen LogP contribution in [0.5, 0.6) is 0 Å². The Balaban J connectivity index is 1.61. The minimum absolute atomic E-state index is 0.0176. The zero-order chi connectivity index (χ0) is 21.8. The number of benzene rings is 3. The van der Waals surface area contributed by atoms with Crippen LogP contribution >= 0.6 is 11.6 Å². The van der Waals surface area contributed by atoms with Gasteiger partial charge in [0.15, 0.2) is 0 Å². The van der Waals surface area contributed by atoms with E-state index in [9.17, 15) is 8.42 Å². The van der Waals surface area contributed by atoms with Crippen molar-refractivity contribution >= 4 is 33.7 Å². The van der Waals surface area contributed by atoms with E-state index in [0.29, 0.717) is 11.6 Å². The molecule has 0 aromatic heterocycles. The van der Waals surface area contributed by atoms with Crippen molar-refractivity contribution in [1.29, 1.82) is 0 Å². The second kappa shape index (κ2) is 8.91. The van der Waals surface area contributed by atoms with Crippen molar-refractivity contribution in [2.45, 2.75) is 10.8 Å². The predicted molar refractivity (Wildman–Crippen MR) is 124 cm³/mol. The van der Waals surface area contributed by atoms with Crippen LogP contribution in [0.25, 0.3) is 0 Å². The fourth-order valence-corrected chi connectivity index (χ4v) is 4.36. The van der Waals surface area contributed by atoms with E-state index < -0.39 is 10.0 Å². The normalized spacial score (nSPS) is 16.5. The van der Waals surface area contributed by atoms with Gasteiger partial charge in [0, 0.05) is 12.1 Å².